The van der Waals surface area contributed by atoms with Crippen LogP contribution in [-0.4, -0.2) is 58.8 Å². The lowest BCUT2D eigenvalue weighted by Gasteiger charge is -2.31. The van der Waals surface area contributed by atoms with Crippen LogP contribution in [0.4, 0.5) is 0 Å². The van der Waals surface area contributed by atoms with E-state index in [1.807, 2.05) is 17.9 Å². The van der Waals surface area contributed by atoms with E-state index in [-0.39, 0.29) is 12.1 Å². The molecular weight excluding hydrogens is 238 g/mol. The van der Waals surface area contributed by atoms with E-state index in [1.165, 1.54) is 31.5 Å². The minimum Gasteiger partial charge on any atom is -0.326 e. The number of hydrogen-bond donors (Lipinski definition) is 1. The van der Waals surface area contributed by atoms with Crippen molar-refractivity contribution in [3.8, 4) is 0 Å². The first-order valence-corrected chi connectivity index (χ1v) is 7.24. The Morgan fingerprint density at radius 3 is 2.63 bits per heavy atom. The van der Waals surface area contributed by atoms with Crippen molar-refractivity contribution in [1.82, 2.24) is 19.6 Å². The summed E-state index contributed by atoms with van der Waals surface area (Å²) in [5.74, 6) is 0. The van der Waals surface area contributed by atoms with Crippen molar-refractivity contribution in [3.05, 3.63) is 18.0 Å². The zero-order chi connectivity index (χ0) is 13.8. The average molecular weight is 265 g/mol. The molecule has 19 heavy (non-hydrogen) atoms. The van der Waals surface area contributed by atoms with Crippen LogP contribution in [0.3, 0.4) is 0 Å². The van der Waals surface area contributed by atoms with Crippen LogP contribution in [0.2, 0.25) is 0 Å². The summed E-state index contributed by atoms with van der Waals surface area (Å²) in [5.41, 5.74) is 7.38. The highest BCUT2D eigenvalue weighted by molar-refractivity contribution is 5.12. The van der Waals surface area contributed by atoms with Gasteiger partial charge in [0.05, 0.1) is 12.2 Å². The van der Waals surface area contributed by atoms with E-state index in [0.29, 0.717) is 0 Å². The van der Waals surface area contributed by atoms with Gasteiger partial charge in [-0.05, 0) is 39.9 Å². The summed E-state index contributed by atoms with van der Waals surface area (Å²) < 4.78 is 1.85. The standard InChI is InChI=1S/C14H27N5/c1-12(15)14(13-10-16-18(3)11-13)17(2)8-9-19-6-4-5-7-19/h10-12,14H,4-9,15H2,1-3H3. The smallest absolute Gasteiger partial charge is 0.0538 e. The largest absolute Gasteiger partial charge is 0.326 e. The van der Waals surface area contributed by atoms with Crippen LogP contribution in [-0.2, 0) is 7.05 Å². The lowest BCUT2D eigenvalue weighted by molar-refractivity contribution is 0.188. The van der Waals surface area contributed by atoms with Crippen molar-refractivity contribution in [2.24, 2.45) is 12.8 Å². The summed E-state index contributed by atoms with van der Waals surface area (Å²) in [5, 5.41) is 4.26. The van der Waals surface area contributed by atoms with Crippen LogP contribution in [0.5, 0.6) is 0 Å². The average Bonchev–Trinajstić information content (AvgIpc) is 2.98. The molecule has 2 unspecified atom stereocenters. The maximum absolute atomic E-state index is 6.17. The van der Waals surface area contributed by atoms with Crippen LogP contribution in [0.25, 0.3) is 0 Å². The number of hydrogen-bond acceptors (Lipinski definition) is 4. The van der Waals surface area contributed by atoms with Gasteiger partial charge in [-0.15, -0.1) is 0 Å². The van der Waals surface area contributed by atoms with Crippen molar-refractivity contribution in [2.75, 3.05) is 33.2 Å². The molecule has 2 atom stereocenters. The van der Waals surface area contributed by atoms with Gasteiger partial charge in [0.1, 0.15) is 0 Å². The van der Waals surface area contributed by atoms with Crippen molar-refractivity contribution in [3.63, 3.8) is 0 Å². The summed E-state index contributed by atoms with van der Waals surface area (Å²) in [4.78, 5) is 4.90. The van der Waals surface area contributed by atoms with Crippen LogP contribution < -0.4 is 5.73 Å². The van der Waals surface area contributed by atoms with Crippen LogP contribution in [0, 0.1) is 0 Å². The summed E-state index contributed by atoms with van der Waals surface area (Å²) in [6.07, 6.45) is 6.70. The number of aryl methyl sites for hydroxylation is 1. The topological polar surface area (TPSA) is 50.3 Å². The second-order valence-electron chi connectivity index (χ2n) is 5.78. The first kappa shape index (κ1) is 14.5. The molecule has 0 spiro atoms. The van der Waals surface area contributed by atoms with Crippen molar-refractivity contribution < 1.29 is 0 Å². The third-order valence-corrected chi connectivity index (χ3v) is 4.01. The first-order valence-electron chi connectivity index (χ1n) is 7.24. The van der Waals surface area contributed by atoms with E-state index >= 15 is 0 Å². The fraction of sp³-hybridized carbons (Fsp3) is 0.786. The van der Waals surface area contributed by atoms with E-state index in [9.17, 15) is 0 Å². The van der Waals surface area contributed by atoms with Gasteiger partial charge in [-0.25, -0.2) is 0 Å². The van der Waals surface area contributed by atoms with Gasteiger partial charge in [0.2, 0.25) is 0 Å². The lowest BCUT2D eigenvalue weighted by atomic mass is 10.0. The third kappa shape index (κ3) is 3.78. The number of nitrogens with zero attached hydrogens (tertiary/aromatic N) is 4. The van der Waals surface area contributed by atoms with Crippen molar-refractivity contribution in [1.29, 1.82) is 0 Å². The second kappa shape index (κ2) is 6.50. The molecule has 5 heteroatoms. The summed E-state index contributed by atoms with van der Waals surface area (Å²) in [7, 11) is 4.11. The molecule has 0 bridgehead atoms. The predicted octanol–water partition coefficient (Wildman–Crippen LogP) is 0.836. The Bertz CT molecular complexity index is 381. The van der Waals surface area contributed by atoms with E-state index in [4.69, 9.17) is 5.73 Å². The van der Waals surface area contributed by atoms with Gasteiger partial charge >= 0.3 is 0 Å². The molecule has 0 amide bonds. The van der Waals surface area contributed by atoms with Gasteiger partial charge in [-0.3, -0.25) is 9.58 Å². The lowest BCUT2D eigenvalue weighted by Crippen LogP contribution is -2.40. The van der Waals surface area contributed by atoms with Gasteiger partial charge in [0.15, 0.2) is 0 Å². The molecule has 2 heterocycles. The molecule has 5 nitrogen and oxygen atoms in total. The summed E-state index contributed by atoms with van der Waals surface area (Å²) in [6, 6.07) is 0.351. The minimum atomic E-state index is 0.104. The van der Waals surface area contributed by atoms with Gasteiger partial charge in [0.25, 0.3) is 0 Å². The quantitative estimate of drug-likeness (QED) is 0.828. The molecule has 1 aliphatic rings. The summed E-state index contributed by atoms with van der Waals surface area (Å²) in [6.45, 7) is 6.78. The Morgan fingerprint density at radius 2 is 2.11 bits per heavy atom. The zero-order valence-electron chi connectivity index (χ0n) is 12.4. The minimum absolute atomic E-state index is 0.104. The SMILES string of the molecule is CC(N)C(c1cnn(C)c1)N(C)CCN1CCCC1. The molecule has 1 aromatic rings. The van der Waals surface area contributed by atoms with Crippen LogP contribution in [0.1, 0.15) is 31.4 Å². The fourth-order valence-corrected chi connectivity index (χ4v) is 3.00. The van der Waals surface area contributed by atoms with Crippen LogP contribution >= 0.6 is 0 Å². The molecule has 0 radical (unpaired) electrons. The van der Waals surface area contributed by atoms with Crippen molar-refractivity contribution in [2.45, 2.75) is 31.8 Å². The number of likely N-dealkylation sites (tertiary alicyclic amines) is 1. The molecule has 108 valence electrons. The van der Waals surface area contributed by atoms with Crippen molar-refractivity contribution >= 4 is 0 Å². The monoisotopic (exact) mass is 265 g/mol. The van der Waals surface area contributed by atoms with Gasteiger partial charge in [-0.1, -0.05) is 0 Å². The molecule has 0 aromatic carbocycles. The first-order chi connectivity index (χ1) is 9.08. The number of likely N-dealkylation sites (N-methyl/N-ethyl adjacent to an activating group) is 1. The predicted molar refractivity (Wildman–Crippen MR) is 77.9 cm³/mol. The fourth-order valence-electron chi connectivity index (χ4n) is 3.00. The zero-order valence-corrected chi connectivity index (χ0v) is 12.4. The Morgan fingerprint density at radius 1 is 1.42 bits per heavy atom. The molecule has 2 rings (SSSR count). The van der Waals surface area contributed by atoms with E-state index < -0.39 is 0 Å². The van der Waals surface area contributed by atoms with E-state index in [1.54, 1.807) is 0 Å². The Labute approximate surface area is 116 Å². The molecular formula is C14H27N5. The normalized spacial score (nSPS) is 20.1. The Balaban J connectivity index is 1.94. The third-order valence-electron chi connectivity index (χ3n) is 4.01. The Kier molecular flexibility index (Phi) is 4.96. The van der Waals surface area contributed by atoms with E-state index in [2.05, 4.69) is 35.1 Å². The summed E-state index contributed by atoms with van der Waals surface area (Å²) >= 11 is 0. The number of aromatic nitrogens is 2. The van der Waals surface area contributed by atoms with Gasteiger partial charge < -0.3 is 10.6 Å². The van der Waals surface area contributed by atoms with E-state index in [0.717, 1.165) is 13.1 Å². The maximum atomic E-state index is 6.17. The maximum Gasteiger partial charge on any atom is 0.0538 e. The molecule has 1 aromatic heterocycles. The number of rotatable bonds is 6. The molecule has 0 saturated carbocycles. The number of nitrogens with two attached hydrogens (primary N) is 1. The highest BCUT2D eigenvalue weighted by Crippen LogP contribution is 2.21. The van der Waals surface area contributed by atoms with Gasteiger partial charge in [-0.2, -0.15) is 5.10 Å². The second-order valence-corrected chi connectivity index (χ2v) is 5.78. The molecule has 2 N–H and O–H groups in total. The molecule has 1 aliphatic heterocycles. The van der Waals surface area contributed by atoms with Crippen LogP contribution in [0.15, 0.2) is 12.4 Å². The highest BCUT2D eigenvalue weighted by Gasteiger charge is 2.23. The molecule has 0 aliphatic carbocycles. The Hall–Kier alpha value is -0.910. The van der Waals surface area contributed by atoms with Gasteiger partial charge in [0, 0.05) is 37.9 Å². The molecule has 1 fully saturated rings. The molecule has 1 saturated heterocycles. The highest BCUT2D eigenvalue weighted by atomic mass is 15.3.